The second-order valence-corrected chi connectivity index (χ2v) is 9.99. The molecule has 2 aromatic heterocycles. The van der Waals surface area contributed by atoms with Gasteiger partial charge in [-0.05, 0) is 40.4 Å². The minimum Gasteiger partial charge on any atom is -0.497 e. The largest absolute Gasteiger partial charge is 0.497 e. The minimum absolute atomic E-state index is 0.0579. The zero-order valence-corrected chi connectivity index (χ0v) is 22.7. The smallest absolute Gasteiger partial charge is 0.226 e. The van der Waals surface area contributed by atoms with Crippen molar-refractivity contribution in [2.24, 2.45) is 0 Å². The third kappa shape index (κ3) is 4.78. The first-order chi connectivity index (χ1) is 19.9. The maximum absolute atomic E-state index is 15.6. The Morgan fingerprint density at radius 3 is 2.20 bits per heavy atom. The van der Waals surface area contributed by atoms with Crippen LogP contribution in [0.4, 0.5) is 10.2 Å². The van der Waals surface area contributed by atoms with Gasteiger partial charge in [-0.2, -0.15) is 9.97 Å². The molecule has 0 spiro atoms. The summed E-state index contributed by atoms with van der Waals surface area (Å²) in [5.74, 6) is 0.751. The standard InChI is InChI=1S/C30H27ClFN5O4/c1-39-21-14-12-20(13-15-21)30(18-8-4-2-5-9-18,19-10-6-3-7-11-19)40-16-22-25(38)23(32)28(41-22)37-17-34-24-26(33)35-29(31)36-27(24)37/h2-15,17,22-23,25,28,38H,16H2,1H3,(H2,33,35,36)/t22-,23+,25-,28-/m1/s1. The number of rotatable bonds is 8. The topological polar surface area (TPSA) is 118 Å². The van der Waals surface area contributed by atoms with Crippen molar-refractivity contribution < 1.29 is 23.7 Å². The first-order valence-corrected chi connectivity index (χ1v) is 13.3. The Hall–Kier alpha value is -4.09. The molecule has 9 nitrogen and oxygen atoms in total. The molecular formula is C30H27ClFN5O4. The molecule has 4 atom stereocenters. The molecule has 0 radical (unpaired) electrons. The number of halogens is 2. The third-order valence-corrected chi connectivity index (χ3v) is 7.48. The summed E-state index contributed by atoms with van der Waals surface area (Å²) < 4.78 is 35.2. The van der Waals surface area contributed by atoms with E-state index in [1.807, 2.05) is 84.9 Å². The number of nitrogen functional groups attached to an aromatic ring is 1. The minimum atomic E-state index is -1.81. The van der Waals surface area contributed by atoms with Gasteiger partial charge in [-0.15, -0.1) is 0 Å². The van der Waals surface area contributed by atoms with Crippen molar-refractivity contribution in [3.05, 3.63) is 113 Å². The highest BCUT2D eigenvalue weighted by Crippen LogP contribution is 2.42. The molecule has 6 rings (SSSR count). The van der Waals surface area contributed by atoms with Crippen molar-refractivity contribution in [2.45, 2.75) is 30.2 Å². The number of anilines is 1. The number of hydrogen-bond acceptors (Lipinski definition) is 8. The van der Waals surface area contributed by atoms with E-state index < -0.39 is 30.2 Å². The van der Waals surface area contributed by atoms with E-state index in [1.165, 1.54) is 10.9 Å². The Kier molecular flexibility index (Phi) is 7.31. The van der Waals surface area contributed by atoms with E-state index in [2.05, 4.69) is 15.0 Å². The summed E-state index contributed by atoms with van der Waals surface area (Å²) in [6.07, 6.45) is -4.22. The summed E-state index contributed by atoms with van der Waals surface area (Å²) in [4.78, 5) is 12.2. The molecule has 0 bridgehead atoms. The summed E-state index contributed by atoms with van der Waals surface area (Å²) in [7, 11) is 1.60. The number of ether oxygens (including phenoxy) is 3. The van der Waals surface area contributed by atoms with Crippen LogP contribution in [0.5, 0.6) is 5.75 Å². The van der Waals surface area contributed by atoms with Crippen LogP contribution in [0.2, 0.25) is 5.28 Å². The summed E-state index contributed by atoms with van der Waals surface area (Å²) in [5, 5.41) is 10.9. The number of imidazole rings is 1. The van der Waals surface area contributed by atoms with Gasteiger partial charge >= 0.3 is 0 Å². The fourth-order valence-electron chi connectivity index (χ4n) is 5.29. The molecule has 1 fully saturated rings. The molecule has 1 aliphatic rings. The highest BCUT2D eigenvalue weighted by Gasteiger charge is 2.48. The van der Waals surface area contributed by atoms with Gasteiger partial charge in [0.2, 0.25) is 5.28 Å². The van der Waals surface area contributed by atoms with Gasteiger partial charge in [0.1, 0.15) is 29.1 Å². The second kappa shape index (κ2) is 11.1. The zero-order valence-electron chi connectivity index (χ0n) is 22.0. The van der Waals surface area contributed by atoms with E-state index in [-0.39, 0.29) is 28.9 Å². The second-order valence-electron chi connectivity index (χ2n) is 9.65. The van der Waals surface area contributed by atoms with Gasteiger partial charge in [-0.3, -0.25) is 4.57 Å². The summed E-state index contributed by atoms with van der Waals surface area (Å²) in [6, 6.07) is 27.0. The van der Waals surface area contributed by atoms with Crippen LogP contribution >= 0.6 is 11.6 Å². The number of alkyl halides is 1. The van der Waals surface area contributed by atoms with Gasteiger partial charge in [-0.1, -0.05) is 72.8 Å². The third-order valence-electron chi connectivity index (χ3n) is 7.31. The van der Waals surface area contributed by atoms with Crippen LogP contribution in [0.3, 0.4) is 0 Å². The van der Waals surface area contributed by atoms with Crippen LogP contribution in [0.15, 0.2) is 91.3 Å². The number of fused-ring (bicyclic) bond motifs is 1. The van der Waals surface area contributed by atoms with Crippen molar-refractivity contribution in [3.8, 4) is 5.75 Å². The molecule has 0 amide bonds. The first kappa shape index (κ1) is 27.1. The first-order valence-electron chi connectivity index (χ1n) is 12.9. The maximum atomic E-state index is 15.6. The Morgan fingerprint density at radius 2 is 1.59 bits per heavy atom. The lowest BCUT2D eigenvalue weighted by Crippen LogP contribution is -2.39. The van der Waals surface area contributed by atoms with Crippen LogP contribution < -0.4 is 10.5 Å². The van der Waals surface area contributed by atoms with E-state index in [9.17, 15) is 5.11 Å². The quantitative estimate of drug-likeness (QED) is 0.202. The monoisotopic (exact) mass is 575 g/mol. The van der Waals surface area contributed by atoms with E-state index >= 15 is 4.39 Å². The number of nitrogens with two attached hydrogens (primary N) is 1. The van der Waals surface area contributed by atoms with Gasteiger partial charge in [-0.25, -0.2) is 9.37 Å². The van der Waals surface area contributed by atoms with Crippen LogP contribution in [0, 0.1) is 0 Å². The van der Waals surface area contributed by atoms with Gasteiger partial charge < -0.3 is 25.1 Å². The molecule has 0 saturated carbocycles. The number of aliphatic hydroxyl groups excluding tert-OH is 1. The van der Waals surface area contributed by atoms with Crippen LogP contribution in [-0.2, 0) is 15.1 Å². The van der Waals surface area contributed by atoms with Gasteiger partial charge in [0.25, 0.3) is 0 Å². The van der Waals surface area contributed by atoms with Crippen molar-refractivity contribution >= 4 is 28.6 Å². The summed E-state index contributed by atoms with van der Waals surface area (Å²) in [6.45, 7) is -0.140. The molecule has 5 aromatic rings. The number of aliphatic hydroxyl groups is 1. The highest BCUT2D eigenvalue weighted by molar-refractivity contribution is 6.28. The molecule has 1 saturated heterocycles. The van der Waals surface area contributed by atoms with E-state index in [0.717, 1.165) is 16.7 Å². The maximum Gasteiger partial charge on any atom is 0.226 e. The Morgan fingerprint density at radius 1 is 0.976 bits per heavy atom. The number of nitrogens with zero attached hydrogens (tertiary/aromatic N) is 4. The Bertz CT molecular complexity index is 1600. The van der Waals surface area contributed by atoms with Crippen molar-refractivity contribution in [1.82, 2.24) is 19.5 Å². The van der Waals surface area contributed by atoms with E-state index in [1.54, 1.807) is 7.11 Å². The lowest BCUT2D eigenvalue weighted by Gasteiger charge is -2.37. The average Bonchev–Trinajstić information content (AvgIpc) is 3.55. The molecule has 0 unspecified atom stereocenters. The predicted octanol–water partition coefficient (Wildman–Crippen LogP) is 4.68. The molecule has 11 heteroatoms. The van der Waals surface area contributed by atoms with Crippen molar-refractivity contribution in [3.63, 3.8) is 0 Å². The van der Waals surface area contributed by atoms with E-state index in [4.69, 9.17) is 31.5 Å². The number of hydrogen-bond donors (Lipinski definition) is 2. The lowest BCUT2D eigenvalue weighted by atomic mass is 9.80. The fourth-order valence-corrected chi connectivity index (χ4v) is 5.46. The molecule has 0 aliphatic carbocycles. The summed E-state index contributed by atoms with van der Waals surface area (Å²) >= 11 is 5.99. The molecule has 1 aliphatic heterocycles. The van der Waals surface area contributed by atoms with Gasteiger partial charge in [0, 0.05) is 0 Å². The molecule has 3 N–H and O–H groups in total. The van der Waals surface area contributed by atoms with Gasteiger partial charge in [0.15, 0.2) is 23.9 Å². The molecule has 41 heavy (non-hydrogen) atoms. The Labute approximate surface area is 240 Å². The van der Waals surface area contributed by atoms with Crippen molar-refractivity contribution in [1.29, 1.82) is 0 Å². The number of aromatic nitrogens is 4. The molecule has 210 valence electrons. The average molecular weight is 576 g/mol. The molecular weight excluding hydrogens is 549 g/mol. The molecule has 3 aromatic carbocycles. The molecule has 3 heterocycles. The normalized spacial score (nSPS) is 20.9. The predicted molar refractivity (Wildman–Crippen MR) is 151 cm³/mol. The number of methoxy groups -OCH3 is 1. The zero-order chi connectivity index (χ0) is 28.6. The Balaban J connectivity index is 1.37. The SMILES string of the molecule is COc1ccc(C(OC[C@H]2O[C@@H](n3cnc4c(N)nc(Cl)nc43)[C@@H](F)[C@@H]2O)(c2ccccc2)c2ccccc2)cc1. The van der Waals surface area contributed by atoms with Gasteiger partial charge in [0.05, 0.1) is 20.0 Å². The fraction of sp³-hybridized carbons (Fsp3) is 0.233. The number of benzene rings is 3. The highest BCUT2D eigenvalue weighted by atomic mass is 35.5. The van der Waals surface area contributed by atoms with Crippen molar-refractivity contribution in [2.75, 3.05) is 19.5 Å². The van der Waals surface area contributed by atoms with Crippen LogP contribution in [0.25, 0.3) is 11.2 Å². The lowest BCUT2D eigenvalue weighted by molar-refractivity contribution is -0.0935. The van der Waals surface area contributed by atoms with Crippen LogP contribution in [0.1, 0.15) is 22.9 Å². The van der Waals surface area contributed by atoms with Crippen LogP contribution in [-0.4, -0.2) is 56.7 Å². The van der Waals surface area contributed by atoms with E-state index in [0.29, 0.717) is 5.75 Å². The summed E-state index contributed by atoms with van der Waals surface area (Å²) in [5.41, 5.74) is 7.77.